The zero-order chi connectivity index (χ0) is 15.6. The molecule has 0 saturated carbocycles. The molecule has 0 radical (unpaired) electrons. The van der Waals surface area contributed by atoms with Crippen LogP contribution in [-0.4, -0.2) is 5.91 Å². The molecule has 21 heavy (non-hydrogen) atoms. The van der Waals surface area contributed by atoms with Gasteiger partial charge in [-0.3, -0.25) is 4.79 Å². The third-order valence-electron chi connectivity index (χ3n) is 3.42. The summed E-state index contributed by atoms with van der Waals surface area (Å²) in [6.07, 6.45) is 0. The number of amides is 1. The second-order valence-electron chi connectivity index (χ2n) is 6.25. The van der Waals surface area contributed by atoms with Crippen molar-refractivity contribution in [3.8, 4) is 0 Å². The Balaban J connectivity index is 2.21. The predicted octanol–water partition coefficient (Wildman–Crippen LogP) is 5.15. The van der Waals surface area contributed by atoms with Crippen LogP contribution in [0.2, 0.25) is 0 Å². The first-order valence-corrected chi connectivity index (χ1v) is 8.03. The van der Waals surface area contributed by atoms with E-state index in [4.69, 9.17) is 0 Å². The number of benzene rings is 2. The van der Waals surface area contributed by atoms with Gasteiger partial charge in [-0.1, -0.05) is 39.0 Å². The third kappa shape index (κ3) is 4.06. The molecule has 0 aliphatic rings. The lowest BCUT2D eigenvalue weighted by Crippen LogP contribution is -2.14. The quantitative estimate of drug-likeness (QED) is 0.703. The molecule has 0 fully saturated rings. The molecule has 0 aliphatic heterocycles. The summed E-state index contributed by atoms with van der Waals surface area (Å²) < 4.78 is 1.10. The summed E-state index contributed by atoms with van der Waals surface area (Å²) in [7, 11) is 0. The van der Waals surface area contributed by atoms with E-state index in [0.29, 0.717) is 5.56 Å². The van der Waals surface area contributed by atoms with Crippen LogP contribution in [0.1, 0.15) is 42.3 Å². The third-order valence-corrected chi connectivity index (χ3v) is 4.58. The molecule has 0 heterocycles. The van der Waals surface area contributed by atoms with E-state index in [1.807, 2.05) is 43.3 Å². The van der Waals surface area contributed by atoms with Crippen molar-refractivity contribution in [3.63, 3.8) is 0 Å². The van der Waals surface area contributed by atoms with Crippen molar-refractivity contribution in [1.82, 2.24) is 0 Å². The summed E-state index contributed by atoms with van der Waals surface area (Å²) in [6, 6.07) is 13.8. The first kappa shape index (κ1) is 16.0. The van der Waals surface area contributed by atoms with Gasteiger partial charge in [0.15, 0.2) is 0 Å². The molecule has 110 valence electrons. The molecule has 3 heteroatoms. The first-order chi connectivity index (χ1) is 9.77. The molecule has 0 atom stereocenters. The van der Waals surface area contributed by atoms with Gasteiger partial charge in [0.2, 0.25) is 0 Å². The van der Waals surface area contributed by atoms with Gasteiger partial charge in [0.25, 0.3) is 5.91 Å². The summed E-state index contributed by atoms with van der Waals surface area (Å²) >= 11 is 2.25. The van der Waals surface area contributed by atoms with Crippen molar-refractivity contribution < 1.29 is 4.79 Å². The van der Waals surface area contributed by atoms with Crippen LogP contribution < -0.4 is 5.32 Å². The Hall–Kier alpha value is -1.36. The second kappa shape index (κ2) is 6.18. The minimum Gasteiger partial charge on any atom is -0.322 e. The summed E-state index contributed by atoms with van der Waals surface area (Å²) in [5.41, 5.74) is 3.98. The summed E-state index contributed by atoms with van der Waals surface area (Å²) in [5.74, 6) is -0.0704. The van der Waals surface area contributed by atoms with Gasteiger partial charge in [0.05, 0.1) is 0 Å². The molecule has 0 saturated heterocycles. The number of halogens is 1. The van der Waals surface area contributed by atoms with Crippen LogP contribution in [0.25, 0.3) is 0 Å². The maximum absolute atomic E-state index is 12.3. The second-order valence-corrected chi connectivity index (χ2v) is 7.41. The molecule has 1 N–H and O–H groups in total. The fourth-order valence-electron chi connectivity index (χ4n) is 2.00. The van der Waals surface area contributed by atoms with E-state index in [9.17, 15) is 4.79 Å². The molecule has 0 spiro atoms. The molecule has 0 aliphatic carbocycles. The van der Waals surface area contributed by atoms with Gasteiger partial charge < -0.3 is 5.32 Å². The minimum atomic E-state index is -0.0704. The smallest absolute Gasteiger partial charge is 0.255 e. The lowest BCUT2D eigenvalue weighted by atomic mass is 9.87. The van der Waals surface area contributed by atoms with E-state index in [1.54, 1.807) is 0 Å². The van der Waals surface area contributed by atoms with Crippen LogP contribution in [0.15, 0.2) is 42.5 Å². The highest BCUT2D eigenvalue weighted by Crippen LogP contribution is 2.25. The van der Waals surface area contributed by atoms with Crippen molar-refractivity contribution in [2.75, 3.05) is 5.32 Å². The first-order valence-electron chi connectivity index (χ1n) is 6.95. The molecule has 0 unspecified atom stereocenters. The Morgan fingerprint density at radius 3 is 2.43 bits per heavy atom. The van der Waals surface area contributed by atoms with E-state index in [1.165, 1.54) is 11.1 Å². The van der Waals surface area contributed by atoms with Crippen molar-refractivity contribution in [1.29, 1.82) is 0 Å². The van der Waals surface area contributed by atoms with Gasteiger partial charge in [-0.15, -0.1) is 0 Å². The highest BCUT2D eigenvalue weighted by atomic mass is 127. The fourth-order valence-corrected chi connectivity index (χ4v) is 2.52. The normalized spacial score (nSPS) is 11.3. The van der Waals surface area contributed by atoms with E-state index >= 15 is 0 Å². The van der Waals surface area contributed by atoms with Crippen molar-refractivity contribution in [2.45, 2.75) is 33.1 Å². The summed E-state index contributed by atoms with van der Waals surface area (Å²) in [6.45, 7) is 8.53. The van der Waals surface area contributed by atoms with Crippen molar-refractivity contribution in [2.24, 2.45) is 0 Å². The Bertz CT molecular complexity index is 671. The van der Waals surface area contributed by atoms with Gasteiger partial charge >= 0.3 is 0 Å². The Labute approximate surface area is 140 Å². The van der Waals surface area contributed by atoms with E-state index < -0.39 is 0 Å². The Kier molecular flexibility index (Phi) is 4.71. The van der Waals surface area contributed by atoms with Crippen LogP contribution in [0.3, 0.4) is 0 Å². The zero-order valence-corrected chi connectivity index (χ0v) is 15.0. The maximum Gasteiger partial charge on any atom is 0.255 e. The van der Waals surface area contributed by atoms with Gasteiger partial charge in [-0.05, 0) is 70.3 Å². The number of aryl methyl sites for hydroxylation is 1. The minimum absolute atomic E-state index is 0.0694. The fraction of sp³-hybridized carbons (Fsp3) is 0.278. The highest BCUT2D eigenvalue weighted by Gasteiger charge is 2.14. The lowest BCUT2D eigenvalue weighted by molar-refractivity contribution is 0.102. The molecular formula is C18H20INO. The number of carbonyl (C=O) groups is 1. The molecule has 2 rings (SSSR count). The topological polar surface area (TPSA) is 29.1 Å². The molecule has 1 amide bonds. The molecule has 2 nitrogen and oxygen atoms in total. The molecule has 0 aromatic heterocycles. The van der Waals surface area contributed by atoms with Crippen LogP contribution in [0.4, 0.5) is 5.69 Å². The van der Waals surface area contributed by atoms with Crippen LogP contribution in [-0.2, 0) is 5.41 Å². The monoisotopic (exact) mass is 393 g/mol. The molecule has 0 bridgehead atoms. The van der Waals surface area contributed by atoms with E-state index in [2.05, 4.69) is 54.7 Å². The average molecular weight is 393 g/mol. The Morgan fingerprint density at radius 2 is 1.81 bits per heavy atom. The molecular weight excluding hydrogens is 373 g/mol. The maximum atomic E-state index is 12.3. The van der Waals surface area contributed by atoms with Crippen molar-refractivity contribution in [3.05, 3.63) is 62.7 Å². The van der Waals surface area contributed by atoms with Gasteiger partial charge in [0, 0.05) is 14.8 Å². The number of rotatable bonds is 2. The molecule has 2 aromatic carbocycles. The molecule has 2 aromatic rings. The number of nitrogens with one attached hydrogen (secondary N) is 1. The SMILES string of the molecule is Cc1ccc(C(=O)Nc2cccc(C(C)(C)C)c2)cc1I. The van der Waals surface area contributed by atoms with Crippen LogP contribution >= 0.6 is 22.6 Å². The summed E-state index contributed by atoms with van der Waals surface area (Å²) in [4.78, 5) is 12.3. The summed E-state index contributed by atoms with van der Waals surface area (Å²) in [5, 5.41) is 2.98. The standard InChI is InChI=1S/C18H20INO/c1-12-8-9-13(10-16(12)19)17(21)20-15-7-5-6-14(11-15)18(2,3)4/h5-11H,1-4H3,(H,20,21). The van der Waals surface area contributed by atoms with E-state index in [-0.39, 0.29) is 11.3 Å². The average Bonchev–Trinajstić information content (AvgIpc) is 2.41. The van der Waals surface area contributed by atoms with E-state index in [0.717, 1.165) is 9.26 Å². The number of hydrogen-bond acceptors (Lipinski definition) is 1. The van der Waals surface area contributed by atoms with Gasteiger partial charge in [-0.25, -0.2) is 0 Å². The number of carbonyl (C=O) groups excluding carboxylic acids is 1. The Morgan fingerprint density at radius 1 is 1.10 bits per heavy atom. The van der Waals surface area contributed by atoms with Gasteiger partial charge in [-0.2, -0.15) is 0 Å². The highest BCUT2D eigenvalue weighted by molar-refractivity contribution is 14.1. The van der Waals surface area contributed by atoms with Crippen LogP contribution in [0.5, 0.6) is 0 Å². The van der Waals surface area contributed by atoms with Crippen LogP contribution in [0, 0.1) is 10.5 Å². The zero-order valence-electron chi connectivity index (χ0n) is 12.8. The van der Waals surface area contributed by atoms with Crippen molar-refractivity contribution >= 4 is 34.2 Å². The largest absolute Gasteiger partial charge is 0.322 e. The van der Waals surface area contributed by atoms with Gasteiger partial charge in [0.1, 0.15) is 0 Å². The predicted molar refractivity (Wildman–Crippen MR) is 97.0 cm³/mol. The number of anilines is 1. The lowest BCUT2D eigenvalue weighted by Gasteiger charge is -2.20. The number of hydrogen-bond donors (Lipinski definition) is 1.